The first kappa shape index (κ1) is 36.1. The van der Waals surface area contributed by atoms with Crippen LogP contribution in [0.2, 0.25) is 0 Å². The van der Waals surface area contributed by atoms with Gasteiger partial charge in [-0.25, -0.2) is 23.4 Å². The molecular formula is C37H40F5N9O3. The summed E-state index contributed by atoms with van der Waals surface area (Å²) in [7, 11) is 1.27. The quantitative estimate of drug-likeness (QED) is 0.147. The maximum absolute atomic E-state index is 17.4. The van der Waals surface area contributed by atoms with E-state index in [0.29, 0.717) is 30.5 Å². The van der Waals surface area contributed by atoms with Gasteiger partial charge >= 0.3 is 12.2 Å². The Bertz CT molecular complexity index is 2230. The van der Waals surface area contributed by atoms with E-state index >= 15 is 17.6 Å². The number of nitrogens with zero attached hydrogens (tertiary/aromatic N) is 7. The highest BCUT2D eigenvalue weighted by Gasteiger charge is 2.49. The van der Waals surface area contributed by atoms with Crippen molar-refractivity contribution >= 4 is 33.4 Å². The topological polar surface area (TPSA) is 138 Å². The van der Waals surface area contributed by atoms with Crippen molar-refractivity contribution in [1.82, 2.24) is 34.6 Å². The fourth-order valence-electron chi connectivity index (χ4n) is 8.40. The summed E-state index contributed by atoms with van der Waals surface area (Å²) in [5.41, 5.74) is 3.76. The molecule has 0 aliphatic carbocycles. The molecule has 4 atom stereocenters. The number of methoxy groups -OCH3 is 1. The zero-order valence-corrected chi connectivity index (χ0v) is 30.0. The molecule has 0 radical (unpaired) electrons. The average molecular weight is 754 g/mol. The monoisotopic (exact) mass is 753 g/mol. The van der Waals surface area contributed by atoms with E-state index in [-0.39, 0.29) is 59.4 Å². The first-order valence-corrected chi connectivity index (χ1v) is 18.0. The van der Waals surface area contributed by atoms with Crippen molar-refractivity contribution < 1.29 is 36.2 Å². The summed E-state index contributed by atoms with van der Waals surface area (Å²) in [5, 5.41) is 7.65. The Hall–Kier alpha value is -4.90. The largest absolute Gasteiger partial charge is 0.480 e. The zero-order valence-electron chi connectivity index (χ0n) is 30.0. The van der Waals surface area contributed by atoms with Gasteiger partial charge in [-0.05, 0) is 70.2 Å². The number of anilines is 2. The van der Waals surface area contributed by atoms with Gasteiger partial charge in [0.15, 0.2) is 12.0 Å². The van der Waals surface area contributed by atoms with E-state index in [4.69, 9.17) is 19.9 Å². The summed E-state index contributed by atoms with van der Waals surface area (Å²) in [6.07, 6.45) is 0.567. The van der Waals surface area contributed by atoms with Crippen LogP contribution in [0.5, 0.6) is 11.9 Å². The van der Waals surface area contributed by atoms with Crippen LogP contribution in [0.15, 0.2) is 30.6 Å². The van der Waals surface area contributed by atoms with Gasteiger partial charge in [0, 0.05) is 42.3 Å². The van der Waals surface area contributed by atoms with E-state index in [1.165, 1.54) is 26.3 Å². The van der Waals surface area contributed by atoms with Crippen LogP contribution in [0.3, 0.4) is 0 Å². The molecule has 0 saturated carbocycles. The molecule has 3 N–H and O–H groups in total. The number of fused-ring (bicyclic) bond motifs is 3. The van der Waals surface area contributed by atoms with Crippen LogP contribution in [0.25, 0.3) is 33.1 Å². The van der Waals surface area contributed by atoms with Crippen molar-refractivity contribution in [2.24, 2.45) is 0 Å². The lowest BCUT2D eigenvalue weighted by atomic mass is 9.94. The highest BCUT2D eigenvalue weighted by atomic mass is 19.4. The predicted molar refractivity (Wildman–Crippen MR) is 190 cm³/mol. The van der Waals surface area contributed by atoms with Crippen molar-refractivity contribution in [1.29, 1.82) is 0 Å². The van der Waals surface area contributed by atoms with Crippen LogP contribution in [-0.2, 0) is 10.9 Å². The van der Waals surface area contributed by atoms with Crippen LogP contribution in [-0.4, -0.2) is 79.7 Å². The molecule has 3 aliphatic heterocycles. The summed E-state index contributed by atoms with van der Waals surface area (Å²) < 4.78 is 96.3. The Morgan fingerprint density at radius 3 is 2.76 bits per heavy atom. The molecule has 54 heavy (non-hydrogen) atoms. The van der Waals surface area contributed by atoms with Gasteiger partial charge in [0.1, 0.15) is 41.0 Å². The third kappa shape index (κ3) is 6.20. The maximum atomic E-state index is 17.4. The molecule has 3 aliphatic rings. The Kier molecular flexibility index (Phi) is 9.19. The molecule has 0 spiro atoms. The van der Waals surface area contributed by atoms with Crippen molar-refractivity contribution in [3.05, 3.63) is 53.1 Å². The Morgan fingerprint density at radius 2 is 2.02 bits per heavy atom. The van der Waals surface area contributed by atoms with Crippen LogP contribution < -0.4 is 20.5 Å². The third-order valence-electron chi connectivity index (χ3n) is 10.9. The number of alkyl halides is 4. The minimum absolute atomic E-state index is 0.0271. The summed E-state index contributed by atoms with van der Waals surface area (Å²) in [6.45, 7) is 4.62. The van der Waals surface area contributed by atoms with Gasteiger partial charge < -0.3 is 25.3 Å². The van der Waals surface area contributed by atoms with Gasteiger partial charge in [-0.15, -0.1) is 0 Å². The van der Waals surface area contributed by atoms with Gasteiger partial charge in [-0.2, -0.15) is 28.2 Å². The Morgan fingerprint density at radius 1 is 1.19 bits per heavy atom. The van der Waals surface area contributed by atoms with E-state index < -0.39 is 58.3 Å². The Balaban J connectivity index is 1.33. The lowest BCUT2D eigenvalue weighted by Gasteiger charge is -2.30. The highest BCUT2D eigenvalue weighted by Crippen LogP contribution is 2.47. The number of benzene rings is 1. The predicted octanol–water partition coefficient (Wildman–Crippen LogP) is 7.32. The van der Waals surface area contributed by atoms with Crippen LogP contribution in [0, 0.1) is 12.7 Å². The van der Waals surface area contributed by atoms with Crippen molar-refractivity contribution in [2.45, 2.75) is 82.5 Å². The molecule has 8 rings (SSSR count). The number of hydrogen-bond donors (Lipinski definition) is 2. The summed E-state index contributed by atoms with van der Waals surface area (Å²) in [4.78, 5) is 19.7. The van der Waals surface area contributed by atoms with E-state index in [1.807, 2.05) is 0 Å². The first-order chi connectivity index (χ1) is 25.9. The molecule has 17 heteroatoms. The normalized spacial score (nSPS) is 22.5. The van der Waals surface area contributed by atoms with Gasteiger partial charge in [-0.3, -0.25) is 4.90 Å². The van der Waals surface area contributed by atoms with Crippen LogP contribution >= 0.6 is 0 Å². The SMILES string of the molecule is COc1nc(-c2c(C(F)(F)F)c(C)cc3c2cnn3C2CCCCO2)c(F)c2nc(OC[C@@]34CCCN3C[C@H](F)C4)nc(N[C@H](C)c3cccnc3N)c12. The lowest BCUT2D eigenvalue weighted by molar-refractivity contribution is -0.137. The minimum atomic E-state index is -4.90. The Labute approximate surface area is 307 Å². The average Bonchev–Trinajstić information content (AvgIpc) is 3.82. The number of ether oxygens (including phenoxy) is 3. The minimum Gasteiger partial charge on any atom is -0.480 e. The molecule has 286 valence electrons. The van der Waals surface area contributed by atoms with Crippen molar-refractivity contribution in [3.63, 3.8) is 0 Å². The van der Waals surface area contributed by atoms with E-state index in [2.05, 4.69) is 35.3 Å². The molecule has 0 amide bonds. The second-order valence-electron chi connectivity index (χ2n) is 14.4. The molecule has 3 fully saturated rings. The number of aromatic nitrogens is 6. The highest BCUT2D eigenvalue weighted by molar-refractivity contribution is 6.01. The van der Waals surface area contributed by atoms with Crippen molar-refractivity contribution in [3.8, 4) is 23.1 Å². The smallest absolute Gasteiger partial charge is 0.417 e. The van der Waals surface area contributed by atoms with Gasteiger partial charge in [0.05, 0.1) is 36.0 Å². The number of nitrogens with two attached hydrogens (primary N) is 1. The summed E-state index contributed by atoms with van der Waals surface area (Å²) in [5.74, 6) is -1.11. The van der Waals surface area contributed by atoms with Crippen LogP contribution in [0.4, 0.5) is 33.6 Å². The fourth-order valence-corrected chi connectivity index (χ4v) is 8.40. The molecule has 3 saturated heterocycles. The third-order valence-corrected chi connectivity index (χ3v) is 10.9. The second-order valence-corrected chi connectivity index (χ2v) is 14.4. The van der Waals surface area contributed by atoms with Crippen LogP contribution in [0.1, 0.15) is 74.4 Å². The number of nitrogens with one attached hydrogen (secondary N) is 1. The molecule has 1 aromatic carbocycles. The zero-order chi connectivity index (χ0) is 37.9. The second kappa shape index (κ2) is 13.7. The molecule has 1 unspecified atom stereocenters. The van der Waals surface area contributed by atoms with Gasteiger partial charge in [0.25, 0.3) is 0 Å². The van der Waals surface area contributed by atoms with E-state index in [1.54, 1.807) is 29.9 Å². The van der Waals surface area contributed by atoms with E-state index in [0.717, 1.165) is 25.8 Å². The van der Waals surface area contributed by atoms with Gasteiger partial charge in [0.2, 0.25) is 5.88 Å². The number of rotatable bonds is 9. The number of hydrogen-bond acceptors (Lipinski definition) is 11. The number of nitrogen functional groups attached to an aromatic ring is 1. The summed E-state index contributed by atoms with van der Waals surface area (Å²) >= 11 is 0. The molecule has 4 aromatic heterocycles. The molecule has 7 heterocycles. The van der Waals surface area contributed by atoms with E-state index in [9.17, 15) is 4.39 Å². The van der Waals surface area contributed by atoms with Crippen molar-refractivity contribution in [2.75, 3.05) is 44.5 Å². The molecule has 12 nitrogen and oxygen atoms in total. The first-order valence-electron chi connectivity index (χ1n) is 18.0. The summed E-state index contributed by atoms with van der Waals surface area (Å²) in [6, 6.07) is 4.05. The lowest BCUT2D eigenvalue weighted by Crippen LogP contribution is -2.43. The van der Waals surface area contributed by atoms with Gasteiger partial charge in [-0.1, -0.05) is 6.07 Å². The molecular weight excluding hydrogens is 713 g/mol. The fraction of sp³-hybridized carbons (Fsp3) is 0.486. The number of halogens is 5. The number of pyridine rings is 2. The maximum Gasteiger partial charge on any atom is 0.417 e. The molecule has 5 aromatic rings. The number of aryl methyl sites for hydroxylation is 1. The standard InChI is InChI=1S/C37H40F5N9O3/c1-19-14-24-23(16-45-51(24)25-9-4-5-13-53-25)26(28(19)37(40,41)42)30-29(39)31-27(34(47-30)52-3)33(46-20(2)22-8-6-11-44-32(22)43)49-35(48-31)54-18-36-10-7-12-50(36)17-21(38)15-36/h6,8,11,14,16,20-21,25H,4-5,7,9-10,12-13,15,17-18H2,1-3H3,(H2,43,44)(H,46,48,49)/t20-,21-,25?,36+/m1/s1. The molecule has 0 bridgehead atoms.